The van der Waals surface area contributed by atoms with Crippen molar-refractivity contribution in [3.63, 3.8) is 0 Å². The van der Waals surface area contributed by atoms with Crippen molar-refractivity contribution in [2.24, 2.45) is 0 Å². The zero-order chi connectivity index (χ0) is 27.2. The van der Waals surface area contributed by atoms with Gasteiger partial charge < -0.3 is 14.8 Å². The fourth-order valence-corrected chi connectivity index (χ4v) is 6.64. The summed E-state index contributed by atoms with van der Waals surface area (Å²) in [5.74, 6) is 0.0248. The molecule has 0 spiro atoms. The number of hydrogen-bond donors (Lipinski definition) is 1. The van der Waals surface area contributed by atoms with Gasteiger partial charge in [0.1, 0.15) is 18.4 Å². The molecule has 0 radical (unpaired) electrons. The molecule has 10 nitrogen and oxygen atoms in total. The standard InChI is InChI=1S/C25H35N3O7S2/c1-5-24(28(36(4,30)31)21-7-6-19(2)20(3)18-21)25(29)26-12-15-35-22-8-10-23(11-9-22)37(32,33)27-13-16-34-17-14-27/h6-11,18,24H,5,12-17H2,1-4H3,(H,26,29). The lowest BCUT2D eigenvalue weighted by atomic mass is 10.1. The molecule has 0 aromatic heterocycles. The molecule has 1 aliphatic heterocycles. The molecular weight excluding hydrogens is 518 g/mol. The number of aryl methyl sites for hydroxylation is 2. The number of anilines is 1. The monoisotopic (exact) mass is 553 g/mol. The van der Waals surface area contributed by atoms with Crippen LogP contribution in [0.1, 0.15) is 24.5 Å². The van der Waals surface area contributed by atoms with Crippen LogP contribution in [0.15, 0.2) is 47.4 Å². The Morgan fingerprint density at radius 1 is 1.05 bits per heavy atom. The number of sulfonamides is 2. The Labute approximate surface area is 219 Å². The number of ether oxygens (including phenoxy) is 2. The molecule has 37 heavy (non-hydrogen) atoms. The summed E-state index contributed by atoms with van der Waals surface area (Å²) >= 11 is 0. The van der Waals surface area contributed by atoms with E-state index in [-0.39, 0.29) is 24.5 Å². The van der Waals surface area contributed by atoms with E-state index >= 15 is 0 Å². The van der Waals surface area contributed by atoms with Crippen molar-refractivity contribution >= 4 is 31.6 Å². The zero-order valence-corrected chi connectivity index (χ0v) is 23.3. The quantitative estimate of drug-likeness (QED) is 0.423. The molecule has 12 heteroatoms. The molecule has 1 amide bonds. The highest BCUT2D eigenvalue weighted by Gasteiger charge is 2.31. The summed E-state index contributed by atoms with van der Waals surface area (Å²) in [5.41, 5.74) is 2.40. The topological polar surface area (TPSA) is 122 Å². The Morgan fingerprint density at radius 3 is 2.27 bits per heavy atom. The average molecular weight is 554 g/mol. The van der Waals surface area contributed by atoms with E-state index in [1.165, 1.54) is 16.4 Å². The Balaban J connectivity index is 1.59. The molecule has 3 rings (SSSR count). The lowest BCUT2D eigenvalue weighted by Gasteiger charge is -2.30. The van der Waals surface area contributed by atoms with E-state index in [0.29, 0.717) is 37.7 Å². The predicted octanol–water partition coefficient (Wildman–Crippen LogP) is 2.06. The minimum atomic E-state index is -3.72. The lowest BCUT2D eigenvalue weighted by molar-refractivity contribution is -0.122. The van der Waals surface area contributed by atoms with Crippen molar-refractivity contribution in [2.45, 2.75) is 38.1 Å². The molecule has 1 atom stereocenters. The van der Waals surface area contributed by atoms with E-state index in [9.17, 15) is 21.6 Å². The maximum atomic E-state index is 13.0. The van der Waals surface area contributed by atoms with Gasteiger partial charge in [-0.15, -0.1) is 0 Å². The summed E-state index contributed by atoms with van der Waals surface area (Å²) in [4.78, 5) is 13.1. The minimum absolute atomic E-state index is 0.125. The summed E-state index contributed by atoms with van der Waals surface area (Å²) < 4.78 is 64.1. The number of amides is 1. The van der Waals surface area contributed by atoms with E-state index in [4.69, 9.17) is 9.47 Å². The molecule has 1 saturated heterocycles. The molecule has 1 unspecified atom stereocenters. The van der Waals surface area contributed by atoms with Crippen molar-refractivity contribution in [3.8, 4) is 5.75 Å². The third kappa shape index (κ3) is 7.22. The van der Waals surface area contributed by atoms with E-state index in [1.807, 2.05) is 19.9 Å². The molecule has 204 valence electrons. The molecule has 1 N–H and O–H groups in total. The third-order valence-corrected chi connectivity index (χ3v) is 9.27. The molecule has 2 aromatic rings. The Hall–Kier alpha value is -2.67. The van der Waals surface area contributed by atoms with Crippen LogP contribution in [0, 0.1) is 13.8 Å². The first-order valence-corrected chi connectivity index (χ1v) is 15.4. The molecule has 1 heterocycles. The number of rotatable bonds is 11. The van der Waals surface area contributed by atoms with Gasteiger partial charge in [-0.1, -0.05) is 13.0 Å². The summed E-state index contributed by atoms with van der Waals surface area (Å²) in [6.45, 7) is 7.24. The minimum Gasteiger partial charge on any atom is -0.492 e. The SMILES string of the molecule is CCC(C(=O)NCCOc1ccc(S(=O)(=O)N2CCOCC2)cc1)N(c1ccc(C)c(C)c1)S(C)(=O)=O. The Bertz CT molecular complexity index is 1290. The van der Waals surface area contributed by atoms with Crippen LogP contribution in [0.3, 0.4) is 0 Å². The van der Waals surface area contributed by atoms with Crippen LogP contribution < -0.4 is 14.4 Å². The zero-order valence-electron chi connectivity index (χ0n) is 21.6. The number of morpholine rings is 1. The van der Waals surface area contributed by atoms with Crippen LogP contribution in [0.5, 0.6) is 5.75 Å². The predicted molar refractivity (Wildman–Crippen MR) is 142 cm³/mol. The lowest BCUT2D eigenvalue weighted by Crippen LogP contribution is -2.50. The normalized spacial score (nSPS) is 15.7. The van der Waals surface area contributed by atoms with Crippen molar-refractivity contribution < 1.29 is 31.1 Å². The Morgan fingerprint density at radius 2 is 1.70 bits per heavy atom. The van der Waals surface area contributed by atoms with Gasteiger partial charge >= 0.3 is 0 Å². The van der Waals surface area contributed by atoms with Gasteiger partial charge in [-0.25, -0.2) is 16.8 Å². The number of nitrogens with one attached hydrogen (secondary N) is 1. The highest BCUT2D eigenvalue weighted by molar-refractivity contribution is 7.92. The molecule has 0 bridgehead atoms. The van der Waals surface area contributed by atoms with Gasteiger partial charge in [0.25, 0.3) is 0 Å². The summed E-state index contributed by atoms with van der Waals surface area (Å²) in [6, 6.07) is 10.5. The van der Waals surface area contributed by atoms with Gasteiger partial charge in [-0.3, -0.25) is 9.10 Å². The van der Waals surface area contributed by atoms with Crippen molar-refractivity contribution in [1.29, 1.82) is 0 Å². The second-order valence-electron chi connectivity index (χ2n) is 8.88. The van der Waals surface area contributed by atoms with Gasteiger partial charge in [0.05, 0.1) is 36.6 Å². The highest BCUT2D eigenvalue weighted by Crippen LogP contribution is 2.25. The maximum absolute atomic E-state index is 13.0. The van der Waals surface area contributed by atoms with Crippen LogP contribution in [-0.4, -0.2) is 78.8 Å². The van der Waals surface area contributed by atoms with Crippen LogP contribution in [0.2, 0.25) is 0 Å². The second-order valence-corrected chi connectivity index (χ2v) is 12.7. The molecule has 0 saturated carbocycles. The van der Waals surface area contributed by atoms with Crippen LogP contribution in [0.4, 0.5) is 5.69 Å². The summed E-state index contributed by atoms with van der Waals surface area (Å²) in [7, 11) is -7.31. The number of carbonyl (C=O) groups excluding carboxylic acids is 1. The molecule has 0 aliphatic carbocycles. The van der Waals surface area contributed by atoms with Gasteiger partial charge in [0, 0.05) is 13.1 Å². The van der Waals surface area contributed by atoms with E-state index < -0.39 is 32.0 Å². The number of nitrogens with zero attached hydrogens (tertiary/aromatic N) is 2. The molecule has 2 aromatic carbocycles. The molecule has 1 fully saturated rings. The van der Waals surface area contributed by atoms with E-state index in [0.717, 1.165) is 21.7 Å². The third-order valence-electron chi connectivity index (χ3n) is 6.18. The maximum Gasteiger partial charge on any atom is 0.244 e. The largest absolute Gasteiger partial charge is 0.492 e. The average Bonchev–Trinajstić information content (AvgIpc) is 2.87. The first-order valence-electron chi connectivity index (χ1n) is 12.1. The smallest absolute Gasteiger partial charge is 0.244 e. The van der Waals surface area contributed by atoms with Gasteiger partial charge in [-0.05, 0) is 67.8 Å². The number of hydrogen-bond acceptors (Lipinski definition) is 7. The first-order chi connectivity index (χ1) is 17.4. The summed E-state index contributed by atoms with van der Waals surface area (Å²) in [5, 5.41) is 2.75. The van der Waals surface area contributed by atoms with Crippen molar-refractivity contribution in [1.82, 2.24) is 9.62 Å². The van der Waals surface area contributed by atoms with Gasteiger partial charge in [0.15, 0.2) is 0 Å². The van der Waals surface area contributed by atoms with Crippen molar-refractivity contribution in [2.75, 3.05) is 50.0 Å². The van der Waals surface area contributed by atoms with Crippen LogP contribution in [0.25, 0.3) is 0 Å². The van der Waals surface area contributed by atoms with Gasteiger partial charge in [0.2, 0.25) is 26.0 Å². The molecular formula is C25H35N3O7S2. The van der Waals surface area contributed by atoms with Crippen molar-refractivity contribution in [3.05, 3.63) is 53.6 Å². The van der Waals surface area contributed by atoms with Crippen LogP contribution in [-0.2, 0) is 29.6 Å². The Kier molecular flexibility index (Phi) is 9.57. The fraction of sp³-hybridized carbons (Fsp3) is 0.480. The fourth-order valence-electron chi connectivity index (χ4n) is 4.03. The highest BCUT2D eigenvalue weighted by atomic mass is 32.2. The summed E-state index contributed by atoms with van der Waals surface area (Å²) in [6.07, 6.45) is 1.37. The number of carbonyl (C=O) groups is 1. The molecule has 1 aliphatic rings. The van der Waals surface area contributed by atoms with E-state index in [1.54, 1.807) is 31.2 Å². The second kappa shape index (κ2) is 12.2. The van der Waals surface area contributed by atoms with E-state index in [2.05, 4.69) is 5.32 Å². The van der Waals surface area contributed by atoms with Gasteiger partial charge in [-0.2, -0.15) is 4.31 Å². The first kappa shape index (κ1) is 28.9. The van der Waals surface area contributed by atoms with Crippen LogP contribution >= 0.6 is 0 Å². The number of benzene rings is 2.